The first kappa shape index (κ1) is 23.9. The quantitative estimate of drug-likeness (QED) is 0.560. The van der Waals surface area contributed by atoms with Crippen molar-refractivity contribution in [2.45, 2.75) is 51.4 Å². The second-order valence-corrected chi connectivity index (χ2v) is 9.01. The van der Waals surface area contributed by atoms with Crippen molar-refractivity contribution in [1.82, 2.24) is 14.9 Å². The zero-order valence-corrected chi connectivity index (χ0v) is 18.8. The molecule has 0 unspecified atom stereocenters. The molecular weight excluding hydrogens is 445 g/mol. The molecule has 2 atom stereocenters. The van der Waals surface area contributed by atoms with Gasteiger partial charge < -0.3 is 15.7 Å². The van der Waals surface area contributed by atoms with E-state index in [9.17, 15) is 23.1 Å². The Labute approximate surface area is 195 Å². The highest BCUT2D eigenvalue weighted by molar-refractivity contribution is 5.98. The van der Waals surface area contributed by atoms with Crippen LogP contribution in [0.25, 0.3) is 10.9 Å². The van der Waals surface area contributed by atoms with E-state index in [0.29, 0.717) is 35.6 Å². The van der Waals surface area contributed by atoms with Crippen LogP contribution < -0.4 is 5.73 Å². The lowest BCUT2D eigenvalue weighted by atomic mass is 9.87. The number of fused-ring (bicyclic) bond motifs is 1. The van der Waals surface area contributed by atoms with E-state index in [4.69, 9.17) is 5.73 Å². The van der Waals surface area contributed by atoms with Gasteiger partial charge in [0.2, 0.25) is 0 Å². The lowest BCUT2D eigenvalue weighted by Crippen LogP contribution is -2.37. The fourth-order valence-electron chi connectivity index (χ4n) is 4.45. The molecule has 0 saturated heterocycles. The van der Waals surface area contributed by atoms with Crippen LogP contribution in [-0.2, 0) is 12.7 Å². The van der Waals surface area contributed by atoms with Crippen molar-refractivity contribution in [3.63, 3.8) is 0 Å². The van der Waals surface area contributed by atoms with Gasteiger partial charge in [-0.25, -0.2) is 4.98 Å². The molecule has 1 amide bonds. The molecule has 3 N–H and O–H groups in total. The van der Waals surface area contributed by atoms with Crippen molar-refractivity contribution in [2.24, 2.45) is 5.92 Å². The van der Waals surface area contributed by atoms with Crippen LogP contribution in [-0.4, -0.2) is 38.5 Å². The van der Waals surface area contributed by atoms with E-state index >= 15 is 0 Å². The van der Waals surface area contributed by atoms with Crippen molar-refractivity contribution in [3.05, 3.63) is 65.0 Å². The van der Waals surface area contributed by atoms with E-state index in [1.165, 1.54) is 6.07 Å². The number of hydrogen-bond donors (Lipinski definition) is 2. The SMILES string of the molecule is Cc1cc2cc(C(=O)N(Cc3ccc(C(F)(F)F)cn3)C[C@H]3CCC[C@@H](O)C3)ccc2nc1N. The number of aliphatic hydroxyl groups is 1. The Balaban J connectivity index is 1.62. The Kier molecular flexibility index (Phi) is 6.74. The maximum atomic E-state index is 13.5. The number of alkyl halides is 3. The lowest BCUT2D eigenvalue weighted by Gasteiger charge is -2.31. The van der Waals surface area contributed by atoms with E-state index in [2.05, 4.69) is 9.97 Å². The minimum Gasteiger partial charge on any atom is -0.393 e. The predicted molar refractivity (Wildman–Crippen MR) is 123 cm³/mol. The van der Waals surface area contributed by atoms with Crippen LogP contribution in [0, 0.1) is 12.8 Å². The number of aromatic nitrogens is 2. The number of benzene rings is 1. The number of anilines is 1. The zero-order valence-electron chi connectivity index (χ0n) is 18.8. The molecular formula is C25H27F3N4O2. The van der Waals surface area contributed by atoms with Crippen LogP contribution in [0.2, 0.25) is 0 Å². The molecule has 2 heterocycles. The van der Waals surface area contributed by atoms with Gasteiger partial charge in [0.1, 0.15) is 5.82 Å². The summed E-state index contributed by atoms with van der Waals surface area (Å²) in [5.74, 6) is 0.280. The summed E-state index contributed by atoms with van der Waals surface area (Å²) in [6.45, 7) is 2.30. The minimum absolute atomic E-state index is 0.0701. The maximum absolute atomic E-state index is 13.5. The minimum atomic E-state index is -4.47. The third-order valence-corrected chi connectivity index (χ3v) is 6.32. The fraction of sp³-hybridized carbons (Fsp3) is 0.400. The Hall–Kier alpha value is -3.20. The Bertz CT molecular complexity index is 1180. The van der Waals surface area contributed by atoms with Crippen LogP contribution in [0.1, 0.15) is 52.9 Å². The van der Waals surface area contributed by atoms with Crippen molar-refractivity contribution in [1.29, 1.82) is 0 Å². The fourth-order valence-corrected chi connectivity index (χ4v) is 4.45. The van der Waals surface area contributed by atoms with Crippen LogP contribution >= 0.6 is 0 Å². The van der Waals surface area contributed by atoms with Gasteiger partial charge in [-0.2, -0.15) is 13.2 Å². The van der Waals surface area contributed by atoms with Crippen molar-refractivity contribution in [3.8, 4) is 0 Å². The van der Waals surface area contributed by atoms with Crippen LogP contribution in [0.5, 0.6) is 0 Å². The number of nitrogens with two attached hydrogens (primary N) is 1. The standard InChI is InChI=1S/C25H27F3N4O2/c1-15-9-18-11-17(5-8-22(18)31-23(15)29)24(34)32(13-16-3-2-4-21(33)10-16)14-20-7-6-19(12-30-20)25(26,27)28/h5-9,11-12,16,21,33H,2-4,10,13-14H2,1H3,(H2,29,31)/t16-,21+/m0/s1. The lowest BCUT2D eigenvalue weighted by molar-refractivity contribution is -0.137. The summed E-state index contributed by atoms with van der Waals surface area (Å²) in [6.07, 6.45) is -1.01. The predicted octanol–water partition coefficient (Wildman–Crippen LogP) is 4.73. The number of nitrogen functional groups attached to an aromatic ring is 1. The second-order valence-electron chi connectivity index (χ2n) is 9.01. The number of halogens is 3. The topological polar surface area (TPSA) is 92.3 Å². The summed E-state index contributed by atoms with van der Waals surface area (Å²) >= 11 is 0. The highest BCUT2D eigenvalue weighted by Crippen LogP contribution is 2.29. The average molecular weight is 473 g/mol. The van der Waals surface area contributed by atoms with Gasteiger partial charge in [0.05, 0.1) is 29.4 Å². The van der Waals surface area contributed by atoms with Crippen LogP contribution in [0.3, 0.4) is 0 Å². The number of pyridine rings is 2. The highest BCUT2D eigenvalue weighted by atomic mass is 19.4. The monoisotopic (exact) mass is 472 g/mol. The Morgan fingerprint density at radius 1 is 1.21 bits per heavy atom. The molecule has 1 aromatic carbocycles. The molecule has 1 fully saturated rings. The summed E-state index contributed by atoms with van der Waals surface area (Å²) in [4.78, 5) is 23.4. The highest BCUT2D eigenvalue weighted by Gasteiger charge is 2.31. The Morgan fingerprint density at radius 3 is 2.68 bits per heavy atom. The van der Waals surface area contributed by atoms with E-state index in [1.807, 2.05) is 13.0 Å². The summed E-state index contributed by atoms with van der Waals surface area (Å²) in [5.41, 5.74) is 7.34. The number of rotatable bonds is 5. The largest absolute Gasteiger partial charge is 0.417 e. The molecule has 0 bridgehead atoms. The van der Waals surface area contributed by atoms with Crippen molar-refractivity contribution < 1.29 is 23.1 Å². The van der Waals surface area contributed by atoms with E-state index in [-0.39, 0.29) is 18.4 Å². The first-order chi connectivity index (χ1) is 16.1. The van der Waals surface area contributed by atoms with Gasteiger partial charge >= 0.3 is 6.18 Å². The van der Waals surface area contributed by atoms with Gasteiger partial charge in [-0.3, -0.25) is 9.78 Å². The molecule has 1 aliphatic rings. The summed E-state index contributed by atoms with van der Waals surface area (Å²) in [5, 5.41) is 10.8. The number of aryl methyl sites for hydroxylation is 1. The van der Waals surface area contributed by atoms with Gasteiger partial charge in [-0.05, 0) is 74.1 Å². The van der Waals surface area contributed by atoms with Gasteiger partial charge in [-0.15, -0.1) is 0 Å². The number of carbonyl (C=O) groups is 1. The van der Waals surface area contributed by atoms with E-state index in [0.717, 1.165) is 42.5 Å². The van der Waals surface area contributed by atoms with Gasteiger partial charge in [0, 0.05) is 23.7 Å². The molecule has 6 nitrogen and oxygen atoms in total. The van der Waals surface area contributed by atoms with E-state index in [1.54, 1.807) is 23.1 Å². The molecule has 0 spiro atoms. The molecule has 3 aromatic rings. The van der Waals surface area contributed by atoms with Crippen molar-refractivity contribution in [2.75, 3.05) is 12.3 Å². The zero-order chi connectivity index (χ0) is 24.5. The second kappa shape index (κ2) is 9.58. The average Bonchev–Trinajstić information content (AvgIpc) is 2.78. The molecule has 1 aliphatic carbocycles. The number of amides is 1. The van der Waals surface area contributed by atoms with Gasteiger partial charge in [0.25, 0.3) is 5.91 Å². The normalized spacial score (nSPS) is 18.7. The molecule has 1 saturated carbocycles. The number of nitrogens with zero attached hydrogens (tertiary/aromatic N) is 3. The molecule has 180 valence electrons. The first-order valence-corrected chi connectivity index (χ1v) is 11.3. The number of hydrogen-bond acceptors (Lipinski definition) is 5. The maximum Gasteiger partial charge on any atom is 0.417 e. The molecule has 9 heteroatoms. The van der Waals surface area contributed by atoms with Gasteiger partial charge in [-0.1, -0.05) is 6.42 Å². The molecule has 0 aliphatic heterocycles. The summed E-state index contributed by atoms with van der Waals surface area (Å²) < 4.78 is 38.8. The Morgan fingerprint density at radius 2 is 2.00 bits per heavy atom. The number of aliphatic hydroxyl groups excluding tert-OH is 1. The van der Waals surface area contributed by atoms with Crippen molar-refractivity contribution >= 4 is 22.6 Å². The first-order valence-electron chi connectivity index (χ1n) is 11.3. The summed E-state index contributed by atoms with van der Waals surface area (Å²) in [7, 11) is 0. The molecule has 4 rings (SSSR count). The van der Waals surface area contributed by atoms with Crippen LogP contribution in [0.4, 0.5) is 19.0 Å². The van der Waals surface area contributed by atoms with E-state index < -0.39 is 17.8 Å². The number of carbonyl (C=O) groups excluding carboxylic acids is 1. The summed E-state index contributed by atoms with van der Waals surface area (Å²) in [6, 6.07) is 9.31. The molecule has 34 heavy (non-hydrogen) atoms. The third kappa shape index (κ3) is 5.47. The molecule has 0 radical (unpaired) electrons. The molecule has 2 aromatic heterocycles. The van der Waals surface area contributed by atoms with Crippen LogP contribution in [0.15, 0.2) is 42.6 Å². The van der Waals surface area contributed by atoms with Gasteiger partial charge in [0.15, 0.2) is 0 Å². The third-order valence-electron chi connectivity index (χ3n) is 6.32. The smallest absolute Gasteiger partial charge is 0.393 e.